The van der Waals surface area contributed by atoms with Crippen molar-refractivity contribution in [2.45, 2.75) is 13.0 Å². The van der Waals surface area contributed by atoms with Crippen LogP contribution in [0, 0.1) is 0 Å². The van der Waals surface area contributed by atoms with Crippen LogP contribution in [0.2, 0.25) is 0 Å². The normalized spacial score (nSPS) is 10.4. The lowest BCUT2D eigenvalue weighted by Gasteiger charge is -2.11. The number of nitrogens with two attached hydrogens (primary N) is 1. The van der Waals surface area contributed by atoms with Gasteiger partial charge in [-0.15, -0.1) is 0 Å². The zero-order chi connectivity index (χ0) is 16.8. The first-order chi connectivity index (χ1) is 11.0. The minimum atomic E-state index is -3.02. The first-order valence-corrected chi connectivity index (χ1v) is 6.68. The Kier molecular flexibility index (Phi) is 5.24. The van der Waals surface area contributed by atoms with E-state index < -0.39 is 18.4 Å². The van der Waals surface area contributed by atoms with Crippen LogP contribution in [-0.4, -0.2) is 18.4 Å². The summed E-state index contributed by atoms with van der Waals surface area (Å²) in [7, 11) is 0. The van der Waals surface area contributed by atoms with Gasteiger partial charge in [0.1, 0.15) is 5.75 Å². The molecule has 0 aliphatic carbocycles. The molecule has 0 atom stereocenters. The zero-order valence-corrected chi connectivity index (χ0v) is 12.0. The third kappa shape index (κ3) is 4.77. The largest absolute Gasteiger partial charge is 0.434 e. The van der Waals surface area contributed by atoms with Gasteiger partial charge < -0.3 is 15.8 Å². The summed E-state index contributed by atoms with van der Waals surface area (Å²) in [5, 5.41) is 2.57. The zero-order valence-electron chi connectivity index (χ0n) is 12.0. The van der Waals surface area contributed by atoms with Crippen LogP contribution >= 0.6 is 0 Å². The van der Waals surface area contributed by atoms with Crippen molar-refractivity contribution >= 4 is 17.5 Å². The van der Waals surface area contributed by atoms with Crippen LogP contribution in [0.25, 0.3) is 0 Å². The number of amides is 2. The van der Waals surface area contributed by atoms with Crippen LogP contribution in [0.3, 0.4) is 0 Å². The second kappa shape index (κ2) is 7.35. The molecule has 2 rings (SSSR count). The summed E-state index contributed by atoms with van der Waals surface area (Å²) in [6, 6.07) is 12.2. The molecule has 0 bridgehead atoms. The fraction of sp³-hybridized carbons (Fsp3) is 0.125. The van der Waals surface area contributed by atoms with Gasteiger partial charge in [-0.25, -0.2) is 0 Å². The van der Waals surface area contributed by atoms with Crippen molar-refractivity contribution in [3.05, 3.63) is 59.7 Å². The van der Waals surface area contributed by atoms with E-state index >= 15 is 0 Å². The fourth-order valence-corrected chi connectivity index (χ4v) is 1.96. The Morgan fingerprint density at radius 1 is 1.09 bits per heavy atom. The van der Waals surface area contributed by atoms with E-state index in [1.807, 2.05) is 0 Å². The van der Waals surface area contributed by atoms with E-state index in [2.05, 4.69) is 10.1 Å². The molecule has 0 heterocycles. The fourth-order valence-electron chi connectivity index (χ4n) is 1.96. The molecule has 0 spiro atoms. The monoisotopic (exact) mass is 320 g/mol. The number of para-hydroxylation sites is 1. The van der Waals surface area contributed by atoms with E-state index in [4.69, 9.17) is 5.73 Å². The SMILES string of the molecule is NC(=O)Cc1ccc(NC(=O)c2ccccc2OC(F)F)cc1. The summed E-state index contributed by atoms with van der Waals surface area (Å²) in [6.07, 6.45) is 0.0965. The number of nitrogens with one attached hydrogen (secondary N) is 1. The predicted octanol–water partition coefficient (Wildman–Crippen LogP) is 2.57. The van der Waals surface area contributed by atoms with E-state index in [0.29, 0.717) is 11.3 Å². The number of primary amides is 1. The predicted molar refractivity (Wildman–Crippen MR) is 80.4 cm³/mol. The van der Waals surface area contributed by atoms with Crippen LogP contribution in [0.1, 0.15) is 15.9 Å². The van der Waals surface area contributed by atoms with E-state index in [1.54, 1.807) is 30.3 Å². The van der Waals surface area contributed by atoms with E-state index in [9.17, 15) is 18.4 Å². The highest BCUT2D eigenvalue weighted by molar-refractivity contribution is 6.06. The second-order valence-electron chi connectivity index (χ2n) is 4.67. The molecule has 5 nitrogen and oxygen atoms in total. The van der Waals surface area contributed by atoms with Gasteiger partial charge in [0.05, 0.1) is 12.0 Å². The van der Waals surface area contributed by atoms with E-state index in [1.165, 1.54) is 18.2 Å². The lowest BCUT2D eigenvalue weighted by atomic mass is 10.1. The molecule has 7 heteroatoms. The molecule has 2 amide bonds. The number of ether oxygens (including phenoxy) is 1. The van der Waals surface area contributed by atoms with Gasteiger partial charge in [-0.05, 0) is 29.8 Å². The molecule has 0 radical (unpaired) electrons. The average Bonchev–Trinajstić information content (AvgIpc) is 2.48. The molecule has 0 saturated carbocycles. The smallest absolute Gasteiger partial charge is 0.387 e. The third-order valence-electron chi connectivity index (χ3n) is 2.94. The number of alkyl halides is 2. The van der Waals surface area contributed by atoms with E-state index in [0.717, 1.165) is 0 Å². The first kappa shape index (κ1) is 16.4. The summed E-state index contributed by atoms with van der Waals surface area (Å²) in [5.74, 6) is -1.24. The Balaban J connectivity index is 2.11. The summed E-state index contributed by atoms with van der Waals surface area (Å²) < 4.78 is 29.0. The standard InChI is InChI=1S/C16H14F2N2O3/c17-16(18)23-13-4-2-1-3-12(13)15(22)20-11-7-5-10(6-8-11)9-14(19)21/h1-8,16H,9H2,(H2,19,21)(H,20,22). The maximum Gasteiger partial charge on any atom is 0.387 e. The molecule has 2 aromatic carbocycles. The van der Waals surface area contributed by atoms with Gasteiger partial charge in [0.15, 0.2) is 0 Å². The van der Waals surface area contributed by atoms with Crippen molar-refractivity contribution in [2.24, 2.45) is 5.73 Å². The Morgan fingerprint density at radius 2 is 1.74 bits per heavy atom. The summed E-state index contributed by atoms with van der Waals surface area (Å²) >= 11 is 0. The number of halogens is 2. The van der Waals surface area contributed by atoms with Crippen molar-refractivity contribution < 1.29 is 23.1 Å². The molecule has 120 valence electrons. The van der Waals surface area contributed by atoms with Gasteiger partial charge in [0.2, 0.25) is 5.91 Å². The summed E-state index contributed by atoms with van der Waals surface area (Å²) in [4.78, 5) is 23.0. The number of carbonyl (C=O) groups is 2. The lowest BCUT2D eigenvalue weighted by molar-refractivity contribution is -0.117. The van der Waals surface area contributed by atoms with Gasteiger partial charge in [0.25, 0.3) is 5.91 Å². The van der Waals surface area contributed by atoms with Gasteiger partial charge in [0, 0.05) is 5.69 Å². The van der Waals surface area contributed by atoms with Crippen molar-refractivity contribution in [3.8, 4) is 5.75 Å². The number of anilines is 1. The number of benzene rings is 2. The molecular weight excluding hydrogens is 306 g/mol. The Hall–Kier alpha value is -2.96. The first-order valence-electron chi connectivity index (χ1n) is 6.68. The Labute approximate surface area is 131 Å². The molecule has 0 aliphatic rings. The Bertz CT molecular complexity index is 703. The number of hydrogen-bond donors (Lipinski definition) is 2. The van der Waals surface area contributed by atoms with Crippen molar-refractivity contribution in [1.29, 1.82) is 0 Å². The molecular formula is C16H14F2N2O3. The number of rotatable bonds is 6. The average molecular weight is 320 g/mol. The number of carbonyl (C=O) groups excluding carboxylic acids is 2. The highest BCUT2D eigenvalue weighted by Crippen LogP contribution is 2.21. The molecule has 0 aromatic heterocycles. The van der Waals surface area contributed by atoms with Gasteiger partial charge >= 0.3 is 6.61 Å². The highest BCUT2D eigenvalue weighted by Gasteiger charge is 2.15. The molecule has 3 N–H and O–H groups in total. The minimum absolute atomic E-state index is 0.00554. The summed E-state index contributed by atoms with van der Waals surface area (Å²) in [6.45, 7) is -3.02. The third-order valence-corrected chi connectivity index (χ3v) is 2.94. The Morgan fingerprint density at radius 3 is 2.35 bits per heavy atom. The lowest BCUT2D eigenvalue weighted by Crippen LogP contribution is -2.15. The van der Waals surface area contributed by atoms with Gasteiger partial charge in [-0.2, -0.15) is 8.78 Å². The molecule has 0 saturated heterocycles. The van der Waals surface area contributed by atoms with Crippen molar-refractivity contribution in [1.82, 2.24) is 0 Å². The topological polar surface area (TPSA) is 81.4 Å². The van der Waals surface area contributed by atoms with Crippen LogP contribution in [-0.2, 0) is 11.2 Å². The quantitative estimate of drug-likeness (QED) is 0.858. The van der Waals surface area contributed by atoms with Crippen molar-refractivity contribution in [3.63, 3.8) is 0 Å². The molecule has 2 aromatic rings. The molecule has 23 heavy (non-hydrogen) atoms. The van der Waals surface area contributed by atoms with Crippen LogP contribution in [0.15, 0.2) is 48.5 Å². The maximum atomic E-state index is 12.3. The minimum Gasteiger partial charge on any atom is -0.434 e. The molecule has 0 fully saturated rings. The highest BCUT2D eigenvalue weighted by atomic mass is 19.3. The summed E-state index contributed by atoms with van der Waals surface area (Å²) in [5.41, 5.74) is 6.25. The second-order valence-corrected chi connectivity index (χ2v) is 4.67. The molecule has 0 aliphatic heterocycles. The van der Waals surface area contributed by atoms with Crippen LogP contribution < -0.4 is 15.8 Å². The van der Waals surface area contributed by atoms with Crippen LogP contribution in [0.4, 0.5) is 14.5 Å². The van der Waals surface area contributed by atoms with Gasteiger partial charge in [-0.1, -0.05) is 24.3 Å². The van der Waals surface area contributed by atoms with Crippen LogP contribution in [0.5, 0.6) is 5.75 Å². The van der Waals surface area contributed by atoms with Crippen molar-refractivity contribution in [2.75, 3.05) is 5.32 Å². The number of hydrogen-bond acceptors (Lipinski definition) is 3. The van der Waals surface area contributed by atoms with E-state index in [-0.39, 0.29) is 17.7 Å². The molecule has 0 unspecified atom stereocenters. The van der Waals surface area contributed by atoms with Gasteiger partial charge in [-0.3, -0.25) is 9.59 Å². The maximum absolute atomic E-state index is 12.3.